The second kappa shape index (κ2) is 9.74. The molecule has 2 heterocycles. The Balaban J connectivity index is 1.16. The summed E-state index contributed by atoms with van der Waals surface area (Å²) in [5.74, 6) is 0. The minimum absolute atomic E-state index is 1.06. The van der Waals surface area contributed by atoms with Crippen molar-refractivity contribution in [3.05, 3.63) is 158 Å². The van der Waals surface area contributed by atoms with Gasteiger partial charge >= 0.3 is 0 Å². The number of hydrogen-bond acceptors (Lipinski definition) is 2. The van der Waals surface area contributed by atoms with Gasteiger partial charge in [0.05, 0.1) is 21.6 Å². The van der Waals surface area contributed by atoms with E-state index >= 15 is 0 Å². The van der Waals surface area contributed by atoms with E-state index in [1.54, 1.807) is 11.3 Å². The van der Waals surface area contributed by atoms with Crippen LogP contribution in [-0.2, 0) is 0 Å². The third-order valence-electron chi connectivity index (χ3n) is 10.1. The molecule has 48 heavy (non-hydrogen) atoms. The van der Waals surface area contributed by atoms with Crippen molar-refractivity contribution in [1.82, 2.24) is 9.55 Å². The number of fused-ring (bicyclic) bond motifs is 10. The van der Waals surface area contributed by atoms with E-state index in [-0.39, 0.29) is 0 Å². The monoisotopic (exact) mass is 626 g/mol. The van der Waals surface area contributed by atoms with E-state index in [1.807, 2.05) is 0 Å². The second-order valence-corrected chi connectivity index (χ2v) is 13.7. The fourth-order valence-corrected chi connectivity index (χ4v) is 9.11. The Morgan fingerprint density at radius 1 is 0.438 bits per heavy atom. The van der Waals surface area contributed by atoms with Crippen molar-refractivity contribution in [3.8, 4) is 49.1 Å². The van der Waals surface area contributed by atoms with Crippen LogP contribution < -0.4 is 0 Å². The van der Waals surface area contributed by atoms with Gasteiger partial charge in [-0.3, -0.25) is 0 Å². The van der Waals surface area contributed by atoms with Crippen molar-refractivity contribution in [2.24, 2.45) is 0 Å². The van der Waals surface area contributed by atoms with Crippen LogP contribution >= 0.6 is 11.3 Å². The minimum atomic E-state index is 1.06. The first kappa shape index (κ1) is 26.1. The molecule has 0 fully saturated rings. The highest BCUT2D eigenvalue weighted by Crippen LogP contribution is 2.52. The topological polar surface area (TPSA) is 17.8 Å². The lowest BCUT2D eigenvalue weighted by atomic mass is 10.00. The largest absolute Gasteiger partial charge is 0.309 e. The van der Waals surface area contributed by atoms with Crippen molar-refractivity contribution in [2.75, 3.05) is 0 Å². The third kappa shape index (κ3) is 3.59. The Morgan fingerprint density at radius 2 is 1.06 bits per heavy atom. The molecule has 222 valence electrons. The van der Waals surface area contributed by atoms with Gasteiger partial charge in [0, 0.05) is 33.2 Å². The summed E-state index contributed by atoms with van der Waals surface area (Å²) in [4.78, 5) is 6.56. The van der Waals surface area contributed by atoms with Crippen LogP contribution in [0.1, 0.15) is 0 Å². The molecule has 0 bridgehead atoms. The molecule has 0 aliphatic heterocycles. The molecule has 0 N–H and O–H groups in total. The van der Waals surface area contributed by atoms with Crippen LogP contribution in [0.15, 0.2) is 158 Å². The van der Waals surface area contributed by atoms with Gasteiger partial charge in [-0.25, -0.2) is 4.98 Å². The number of rotatable bonds is 3. The molecule has 0 unspecified atom stereocenters. The standard InChI is InChI=1S/C45H26N2S/c1-2-10-27(11-3-1)30-14-8-16-32(24-30)45-46-43-36-19-9-15-31-25-33(26-37(40(31)36)44(43)48-45)47-38-22-20-28-12-4-6-17-34(28)41(38)42-35-18-7-5-13-29(35)21-23-39(42)47/h1-26H. The summed E-state index contributed by atoms with van der Waals surface area (Å²) in [6.07, 6.45) is 0. The van der Waals surface area contributed by atoms with Gasteiger partial charge in [-0.1, -0.05) is 127 Å². The molecule has 1 aliphatic rings. The van der Waals surface area contributed by atoms with E-state index in [9.17, 15) is 0 Å². The highest BCUT2D eigenvalue weighted by atomic mass is 32.1. The average molecular weight is 627 g/mol. The zero-order chi connectivity index (χ0) is 31.3. The molecule has 3 heteroatoms. The van der Waals surface area contributed by atoms with E-state index in [0.717, 1.165) is 16.3 Å². The van der Waals surface area contributed by atoms with Gasteiger partial charge in [-0.15, -0.1) is 11.3 Å². The van der Waals surface area contributed by atoms with Crippen molar-refractivity contribution in [3.63, 3.8) is 0 Å². The van der Waals surface area contributed by atoms with E-state index in [0.29, 0.717) is 0 Å². The van der Waals surface area contributed by atoms with Gasteiger partial charge in [0.1, 0.15) is 5.01 Å². The lowest BCUT2D eigenvalue weighted by molar-refractivity contribution is 1.19. The number of nitrogens with zero attached hydrogens (tertiary/aromatic N) is 2. The van der Waals surface area contributed by atoms with E-state index in [1.165, 1.54) is 86.9 Å². The third-order valence-corrected chi connectivity index (χ3v) is 11.2. The van der Waals surface area contributed by atoms with Crippen LogP contribution in [0.3, 0.4) is 0 Å². The minimum Gasteiger partial charge on any atom is -0.309 e. The Labute approximate surface area is 280 Å². The predicted molar refractivity (Wildman–Crippen MR) is 204 cm³/mol. The van der Waals surface area contributed by atoms with Crippen LogP contribution in [-0.4, -0.2) is 9.55 Å². The van der Waals surface area contributed by atoms with Crippen LogP contribution in [0, 0.1) is 0 Å². The number of hydrogen-bond donors (Lipinski definition) is 0. The van der Waals surface area contributed by atoms with Crippen molar-refractivity contribution < 1.29 is 0 Å². The van der Waals surface area contributed by atoms with Crippen molar-refractivity contribution in [1.29, 1.82) is 0 Å². The van der Waals surface area contributed by atoms with E-state index in [4.69, 9.17) is 4.98 Å². The van der Waals surface area contributed by atoms with Gasteiger partial charge in [0.25, 0.3) is 0 Å². The maximum absolute atomic E-state index is 5.31. The molecule has 0 saturated heterocycles. The molecule has 0 saturated carbocycles. The van der Waals surface area contributed by atoms with Gasteiger partial charge in [0.2, 0.25) is 0 Å². The first-order valence-electron chi connectivity index (χ1n) is 16.4. The van der Waals surface area contributed by atoms with Gasteiger partial charge in [-0.05, 0) is 73.8 Å². The van der Waals surface area contributed by atoms with E-state index in [2.05, 4.69) is 162 Å². The molecule has 0 atom stereocenters. The molecule has 2 nitrogen and oxygen atoms in total. The van der Waals surface area contributed by atoms with Crippen LogP contribution in [0.4, 0.5) is 0 Å². The van der Waals surface area contributed by atoms with Gasteiger partial charge < -0.3 is 4.57 Å². The fourth-order valence-electron chi connectivity index (χ4n) is 8.01. The summed E-state index contributed by atoms with van der Waals surface area (Å²) in [5.41, 5.74) is 10.8. The summed E-state index contributed by atoms with van der Waals surface area (Å²) >= 11 is 1.81. The summed E-state index contributed by atoms with van der Waals surface area (Å²) in [6, 6.07) is 57.5. The lowest BCUT2D eigenvalue weighted by Gasteiger charge is -2.12. The summed E-state index contributed by atoms with van der Waals surface area (Å²) in [6.45, 7) is 0. The molecule has 11 rings (SSSR count). The maximum Gasteiger partial charge on any atom is 0.124 e. The molecule has 10 aromatic rings. The highest BCUT2D eigenvalue weighted by Gasteiger charge is 2.28. The molecular formula is C45H26N2S. The van der Waals surface area contributed by atoms with Crippen molar-refractivity contribution in [2.45, 2.75) is 0 Å². The van der Waals surface area contributed by atoms with Crippen LogP contribution in [0.25, 0.3) is 103 Å². The SMILES string of the molecule is c1ccc(-c2cccc(-c3nc4c(s3)-c3cc(-n5c6ccc7ccccc7c6c6c7ccccc7ccc65)cc5cccc-4c35)c2)cc1. The normalized spacial score (nSPS) is 12.2. The molecular weight excluding hydrogens is 601 g/mol. The quantitative estimate of drug-likeness (QED) is 0.191. The number of thiazole rings is 1. The number of aromatic nitrogens is 2. The summed E-state index contributed by atoms with van der Waals surface area (Å²) in [5, 5.41) is 11.3. The predicted octanol–water partition coefficient (Wildman–Crippen LogP) is 12.7. The number of benzene rings is 8. The molecule has 0 spiro atoms. The van der Waals surface area contributed by atoms with Gasteiger partial charge in [0.15, 0.2) is 0 Å². The second-order valence-electron chi connectivity index (χ2n) is 12.7. The summed E-state index contributed by atoms with van der Waals surface area (Å²) < 4.78 is 2.48. The van der Waals surface area contributed by atoms with Gasteiger partial charge in [-0.2, -0.15) is 0 Å². The Hall–Kier alpha value is -6.03. The first-order chi connectivity index (χ1) is 23.8. The average Bonchev–Trinajstić information content (AvgIpc) is 3.83. The molecule has 0 radical (unpaired) electrons. The first-order valence-corrected chi connectivity index (χ1v) is 17.2. The van der Waals surface area contributed by atoms with Crippen molar-refractivity contribution >= 4 is 65.5 Å². The Morgan fingerprint density at radius 3 is 1.81 bits per heavy atom. The smallest absolute Gasteiger partial charge is 0.124 e. The zero-order valence-electron chi connectivity index (χ0n) is 25.8. The Kier molecular flexibility index (Phi) is 5.29. The highest BCUT2D eigenvalue weighted by molar-refractivity contribution is 7.19. The molecule has 1 aliphatic carbocycles. The molecule has 0 amide bonds. The lowest BCUT2D eigenvalue weighted by Crippen LogP contribution is -1.95. The Bertz CT molecular complexity index is 2850. The fraction of sp³-hybridized carbons (Fsp3) is 0. The van der Waals surface area contributed by atoms with Crippen LogP contribution in [0.2, 0.25) is 0 Å². The zero-order valence-corrected chi connectivity index (χ0v) is 26.6. The molecule has 2 aromatic heterocycles. The van der Waals surface area contributed by atoms with Crippen LogP contribution in [0.5, 0.6) is 0 Å². The molecule has 8 aromatic carbocycles. The maximum atomic E-state index is 5.31. The van der Waals surface area contributed by atoms with E-state index < -0.39 is 0 Å². The summed E-state index contributed by atoms with van der Waals surface area (Å²) in [7, 11) is 0.